The summed E-state index contributed by atoms with van der Waals surface area (Å²) in [7, 11) is 0. The Balaban J connectivity index is 1.83. The number of esters is 1. The second-order valence-electron chi connectivity index (χ2n) is 4.47. The molecule has 0 bridgehead atoms. The number of carbonyl (C=O) groups is 2. The molecule has 1 heterocycles. The molecule has 1 aliphatic heterocycles. The first-order valence-corrected chi connectivity index (χ1v) is 6.14. The van der Waals surface area contributed by atoms with Crippen LogP contribution in [0.2, 0.25) is 0 Å². The molecule has 2 aromatic rings. The number of cyclic esters (lactones) is 1. The predicted octanol–water partition coefficient (Wildman–Crippen LogP) is 3.17. The first-order chi connectivity index (χ1) is 9.25. The molecule has 1 atom stereocenters. The van der Waals surface area contributed by atoms with Gasteiger partial charge in [0.25, 0.3) is 0 Å². The summed E-state index contributed by atoms with van der Waals surface area (Å²) in [6.45, 7) is 0. The lowest BCUT2D eigenvalue weighted by molar-refractivity contribution is 0.0367. The molecule has 94 valence electrons. The summed E-state index contributed by atoms with van der Waals surface area (Å²) in [5.74, 6) is -0.364. The van der Waals surface area contributed by atoms with Crippen LogP contribution < -0.4 is 0 Å². The highest BCUT2D eigenvalue weighted by molar-refractivity contribution is 5.98. The van der Waals surface area contributed by atoms with Gasteiger partial charge in [0.1, 0.15) is 6.10 Å². The van der Waals surface area contributed by atoms with Gasteiger partial charge in [0.2, 0.25) is 0 Å². The summed E-state index contributed by atoms with van der Waals surface area (Å²) in [5.41, 5.74) is 2.01. The van der Waals surface area contributed by atoms with Gasteiger partial charge >= 0.3 is 5.97 Å². The first kappa shape index (κ1) is 11.7. The molecule has 0 radical (unpaired) electrons. The summed E-state index contributed by atoms with van der Waals surface area (Å²) in [4.78, 5) is 23.8. The molecule has 0 unspecified atom stereocenters. The molecule has 3 rings (SSSR count). The van der Waals surface area contributed by atoms with E-state index in [9.17, 15) is 9.59 Å². The van der Waals surface area contributed by atoms with Crippen molar-refractivity contribution >= 4 is 11.8 Å². The number of benzene rings is 2. The largest absolute Gasteiger partial charge is 0.453 e. The summed E-state index contributed by atoms with van der Waals surface area (Å²) in [6, 6.07) is 16.2. The normalized spacial score (nSPS) is 16.8. The van der Waals surface area contributed by atoms with Crippen molar-refractivity contribution in [2.45, 2.75) is 12.5 Å². The number of hydrogen-bond donors (Lipinski definition) is 0. The average molecular weight is 252 g/mol. The topological polar surface area (TPSA) is 43.4 Å². The quantitative estimate of drug-likeness (QED) is 0.622. The van der Waals surface area contributed by atoms with Gasteiger partial charge in [-0.2, -0.15) is 0 Å². The van der Waals surface area contributed by atoms with Gasteiger partial charge in [-0.3, -0.25) is 4.79 Å². The average Bonchev–Trinajstić information content (AvgIpc) is 2.77. The van der Waals surface area contributed by atoms with Crippen LogP contribution in [0.5, 0.6) is 0 Å². The smallest absolute Gasteiger partial charge is 0.339 e. The molecule has 0 saturated carbocycles. The molecule has 0 aliphatic carbocycles. The third-order valence-electron chi connectivity index (χ3n) is 3.24. The van der Waals surface area contributed by atoms with Gasteiger partial charge < -0.3 is 4.74 Å². The fourth-order valence-electron chi connectivity index (χ4n) is 2.28. The number of hydrogen-bond acceptors (Lipinski definition) is 3. The minimum Gasteiger partial charge on any atom is -0.453 e. The Morgan fingerprint density at radius 1 is 1.00 bits per heavy atom. The fourth-order valence-corrected chi connectivity index (χ4v) is 2.28. The van der Waals surface area contributed by atoms with Crippen molar-refractivity contribution in [1.29, 1.82) is 0 Å². The van der Waals surface area contributed by atoms with Crippen molar-refractivity contribution in [2.24, 2.45) is 0 Å². The van der Waals surface area contributed by atoms with Crippen molar-refractivity contribution in [3.8, 4) is 0 Å². The predicted molar refractivity (Wildman–Crippen MR) is 70.0 cm³/mol. The molecule has 1 aliphatic rings. The summed E-state index contributed by atoms with van der Waals surface area (Å²) in [5, 5.41) is 0. The second kappa shape index (κ2) is 4.69. The van der Waals surface area contributed by atoms with Crippen LogP contribution in [0.3, 0.4) is 0 Å². The molecule has 19 heavy (non-hydrogen) atoms. The zero-order valence-corrected chi connectivity index (χ0v) is 10.2. The van der Waals surface area contributed by atoms with E-state index in [0.29, 0.717) is 11.1 Å². The summed E-state index contributed by atoms with van der Waals surface area (Å²) in [6.07, 6.45) is -0.274. The van der Waals surface area contributed by atoms with E-state index in [1.54, 1.807) is 24.3 Å². The number of carbonyl (C=O) groups excluding carboxylic acids is 2. The van der Waals surface area contributed by atoms with Crippen LogP contribution in [0.4, 0.5) is 0 Å². The van der Waals surface area contributed by atoms with E-state index in [-0.39, 0.29) is 18.2 Å². The standard InChI is InChI=1S/C16H12O3/c17-14(11-6-2-1-3-7-11)10-15-12-8-4-5-9-13(12)16(18)19-15/h1-9,15H,10H2/t15-/m1/s1. The van der Waals surface area contributed by atoms with Crippen molar-refractivity contribution in [3.63, 3.8) is 0 Å². The van der Waals surface area contributed by atoms with Crippen molar-refractivity contribution < 1.29 is 14.3 Å². The minimum absolute atomic E-state index is 0.0184. The molecule has 3 heteroatoms. The lowest BCUT2D eigenvalue weighted by atomic mass is 9.99. The van der Waals surface area contributed by atoms with Gasteiger partial charge in [-0.15, -0.1) is 0 Å². The van der Waals surface area contributed by atoms with E-state index in [2.05, 4.69) is 0 Å². The fraction of sp³-hybridized carbons (Fsp3) is 0.125. The molecule has 3 nitrogen and oxygen atoms in total. The lowest BCUT2D eigenvalue weighted by Crippen LogP contribution is -2.07. The third kappa shape index (κ3) is 2.15. The molecule has 0 spiro atoms. The number of fused-ring (bicyclic) bond motifs is 1. The monoisotopic (exact) mass is 252 g/mol. The molecule has 0 aromatic heterocycles. The number of ketones is 1. The Morgan fingerprint density at radius 2 is 1.68 bits per heavy atom. The highest BCUT2D eigenvalue weighted by Crippen LogP contribution is 2.33. The minimum atomic E-state index is -0.462. The zero-order chi connectivity index (χ0) is 13.2. The SMILES string of the molecule is O=C(C[C@H]1OC(=O)c2ccccc21)c1ccccc1. The molecule has 2 aromatic carbocycles. The van der Waals surface area contributed by atoms with Crippen LogP contribution in [-0.4, -0.2) is 11.8 Å². The Bertz CT molecular complexity index is 631. The van der Waals surface area contributed by atoms with Gasteiger partial charge in [0.15, 0.2) is 5.78 Å². The third-order valence-corrected chi connectivity index (χ3v) is 3.24. The summed E-state index contributed by atoms with van der Waals surface area (Å²) >= 11 is 0. The second-order valence-corrected chi connectivity index (χ2v) is 4.47. The molecule has 0 saturated heterocycles. The van der Waals surface area contributed by atoms with Crippen LogP contribution in [-0.2, 0) is 4.74 Å². The van der Waals surface area contributed by atoms with E-state index in [0.717, 1.165) is 5.56 Å². The van der Waals surface area contributed by atoms with Crippen LogP contribution in [0.25, 0.3) is 0 Å². The maximum absolute atomic E-state index is 12.1. The van der Waals surface area contributed by atoms with E-state index >= 15 is 0 Å². The van der Waals surface area contributed by atoms with Crippen molar-refractivity contribution in [1.82, 2.24) is 0 Å². The van der Waals surface area contributed by atoms with E-state index in [4.69, 9.17) is 4.74 Å². The number of Topliss-reactive ketones (excluding diaryl/α,β-unsaturated/α-hetero) is 1. The highest BCUT2D eigenvalue weighted by Gasteiger charge is 2.32. The number of rotatable bonds is 3. The van der Waals surface area contributed by atoms with E-state index in [1.807, 2.05) is 30.3 Å². The molecular weight excluding hydrogens is 240 g/mol. The molecule has 0 fully saturated rings. The highest BCUT2D eigenvalue weighted by atomic mass is 16.5. The maximum atomic E-state index is 12.1. The maximum Gasteiger partial charge on any atom is 0.339 e. The first-order valence-electron chi connectivity index (χ1n) is 6.14. The molecule has 0 N–H and O–H groups in total. The Labute approximate surface area is 110 Å². The van der Waals surface area contributed by atoms with Crippen molar-refractivity contribution in [2.75, 3.05) is 0 Å². The lowest BCUT2D eigenvalue weighted by Gasteiger charge is -2.09. The van der Waals surface area contributed by atoms with Gasteiger partial charge in [-0.1, -0.05) is 48.5 Å². The zero-order valence-electron chi connectivity index (χ0n) is 10.2. The van der Waals surface area contributed by atoms with Gasteiger partial charge in [-0.05, 0) is 6.07 Å². The summed E-state index contributed by atoms with van der Waals surface area (Å²) < 4.78 is 5.26. The Morgan fingerprint density at radius 3 is 2.47 bits per heavy atom. The van der Waals surface area contributed by atoms with Crippen LogP contribution in [0.15, 0.2) is 54.6 Å². The Kier molecular flexibility index (Phi) is 2.88. The van der Waals surface area contributed by atoms with E-state index in [1.165, 1.54) is 0 Å². The van der Waals surface area contributed by atoms with E-state index < -0.39 is 6.10 Å². The molecule has 0 amide bonds. The van der Waals surface area contributed by atoms with Crippen molar-refractivity contribution in [3.05, 3.63) is 71.3 Å². The Hall–Kier alpha value is -2.42. The van der Waals surface area contributed by atoms with Crippen LogP contribution >= 0.6 is 0 Å². The van der Waals surface area contributed by atoms with Crippen LogP contribution in [0.1, 0.15) is 38.8 Å². The molecular formula is C16H12O3. The van der Waals surface area contributed by atoms with Gasteiger partial charge in [0, 0.05) is 11.1 Å². The van der Waals surface area contributed by atoms with Gasteiger partial charge in [0.05, 0.1) is 12.0 Å². The number of ether oxygens (including phenoxy) is 1. The van der Waals surface area contributed by atoms with Gasteiger partial charge in [-0.25, -0.2) is 4.79 Å². The van der Waals surface area contributed by atoms with Crippen LogP contribution in [0, 0.1) is 0 Å².